The number of H-pyrrole nitrogens is 2. The van der Waals surface area contributed by atoms with Gasteiger partial charge in [0.15, 0.2) is 12.4 Å². The van der Waals surface area contributed by atoms with E-state index in [2.05, 4.69) is 9.05 Å². The van der Waals surface area contributed by atoms with Crippen LogP contribution in [0.1, 0.15) is 0 Å². The van der Waals surface area contributed by atoms with Crippen molar-refractivity contribution < 1.29 is 28.0 Å². The summed E-state index contributed by atoms with van der Waals surface area (Å²) in [4.78, 5) is 43.6. The molecule has 2 aromatic heterocycles. The molecule has 0 aliphatic carbocycles. The fourth-order valence-corrected chi connectivity index (χ4v) is 1.25. The third-order valence-corrected chi connectivity index (χ3v) is 3.20. The zero-order valence-corrected chi connectivity index (χ0v) is 14.5. The molecule has 0 saturated carbocycles. The molecule has 2 heterocycles. The van der Waals surface area contributed by atoms with E-state index in [-0.39, 0.29) is 0 Å². The van der Waals surface area contributed by atoms with E-state index in [0.717, 1.165) is 20.4 Å². The molecule has 2 N–H and O–H groups in total. The number of nitrogens with zero attached hydrogens (tertiary/aromatic N) is 2. The average molecular weight is 376 g/mol. The first-order valence-corrected chi connectivity index (χ1v) is 7.88. The lowest BCUT2D eigenvalue weighted by Crippen LogP contribution is -2.25. The van der Waals surface area contributed by atoms with Crippen LogP contribution in [0.5, 0.6) is 0 Å². The van der Waals surface area contributed by atoms with Crippen LogP contribution in [0.25, 0.3) is 0 Å². The van der Waals surface area contributed by atoms with E-state index in [0.29, 0.717) is 0 Å². The summed E-state index contributed by atoms with van der Waals surface area (Å²) in [6, 6.07) is 6.00. The van der Waals surface area contributed by atoms with Crippen LogP contribution >= 0.6 is 7.82 Å². The Balaban J connectivity index is 0.000000362. The molecule has 12 nitrogen and oxygen atoms in total. The van der Waals surface area contributed by atoms with Gasteiger partial charge in [0.1, 0.15) is 7.05 Å². The Hall–Kier alpha value is -2.66. The largest absolute Gasteiger partial charge is 0.756 e. The summed E-state index contributed by atoms with van der Waals surface area (Å²) in [5, 5.41) is 10.00. The van der Waals surface area contributed by atoms with E-state index >= 15 is 0 Å². The maximum absolute atomic E-state index is 10.6. The number of hydrogen-bond acceptors (Lipinski definition) is 8. The first kappa shape index (κ1) is 22.3. The van der Waals surface area contributed by atoms with Crippen LogP contribution in [0.4, 0.5) is 5.69 Å². The van der Waals surface area contributed by atoms with Crippen LogP contribution in [0.3, 0.4) is 0 Å². The fraction of sp³-hybridized carbons (Fsp3) is 0.250. The molecule has 0 aromatic carbocycles. The quantitative estimate of drug-likeness (QED) is 0.304. The maximum atomic E-state index is 10.6. The van der Waals surface area contributed by atoms with E-state index in [9.17, 15) is 29.2 Å². The topological polar surface area (TPSA) is 171 Å². The molecule has 0 bridgehead atoms. The summed E-state index contributed by atoms with van der Waals surface area (Å²) in [7, 11) is 0.174. The number of nitrogens with one attached hydrogen (secondary N) is 2. The minimum atomic E-state index is -3.90. The number of pyridine rings is 1. The highest BCUT2D eigenvalue weighted by Crippen LogP contribution is 2.34. The van der Waals surface area contributed by atoms with Gasteiger partial charge in [-0.25, -0.2) is 9.36 Å². The highest BCUT2D eigenvalue weighted by atomic mass is 31.2. The molecule has 0 spiro atoms. The molecule has 0 aliphatic rings. The lowest BCUT2D eigenvalue weighted by Gasteiger charge is -2.16. The van der Waals surface area contributed by atoms with Gasteiger partial charge < -0.3 is 18.9 Å². The van der Waals surface area contributed by atoms with Gasteiger partial charge in [0, 0.05) is 26.4 Å². The Bertz CT molecular complexity index is 812. The zero-order chi connectivity index (χ0) is 19.5. The molecule has 138 valence electrons. The molecule has 0 amide bonds. The predicted molar refractivity (Wildman–Crippen MR) is 83.6 cm³/mol. The lowest BCUT2D eigenvalue weighted by molar-refractivity contribution is -0.671. The summed E-state index contributed by atoms with van der Waals surface area (Å²) in [6.07, 6.45) is 4.75. The third-order valence-electron chi connectivity index (χ3n) is 2.31. The van der Waals surface area contributed by atoms with Gasteiger partial charge in [-0.15, -0.1) is 0 Å². The molecule has 2 aromatic rings. The molecular weight excluding hydrogens is 359 g/mol. The molecule has 0 radical (unpaired) electrons. The Morgan fingerprint density at radius 1 is 1.16 bits per heavy atom. The predicted octanol–water partition coefficient (Wildman–Crippen LogP) is -0.770. The number of aromatic nitrogens is 3. The number of aromatic amines is 2. The molecule has 25 heavy (non-hydrogen) atoms. The van der Waals surface area contributed by atoms with Gasteiger partial charge in [-0.05, 0) is 0 Å². The van der Waals surface area contributed by atoms with Gasteiger partial charge in [0.25, 0.3) is 7.82 Å². The number of nitro groups is 1. The molecule has 2 rings (SSSR count). The highest BCUT2D eigenvalue weighted by molar-refractivity contribution is 7.45. The van der Waals surface area contributed by atoms with E-state index in [1.54, 1.807) is 4.98 Å². The van der Waals surface area contributed by atoms with Crippen molar-refractivity contribution >= 4 is 13.5 Å². The van der Waals surface area contributed by atoms with Crippen molar-refractivity contribution in [2.24, 2.45) is 7.05 Å². The monoisotopic (exact) mass is 376 g/mol. The van der Waals surface area contributed by atoms with Crippen molar-refractivity contribution in [2.45, 2.75) is 0 Å². The molecule has 13 heteroatoms. The molecule has 0 unspecified atom stereocenters. The summed E-state index contributed by atoms with van der Waals surface area (Å²) in [5.41, 5.74) is -2.44. The van der Waals surface area contributed by atoms with E-state index in [1.807, 2.05) is 47.2 Å². The lowest BCUT2D eigenvalue weighted by atomic mass is 10.5. The second kappa shape index (κ2) is 11.0. The average Bonchev–Trinajstić information content (AvgIpc) is 2.56. The second-order valence-corrected chi connectivity index (χ2v) is 5.69. The summed E-state index contributed by atoms with van der Waals surface area (Å²) < 4.78 is 19.7. The van der Waals surface area contributed by atoms with Crippen molar-refractivity contribution in [1.29, 1.82) is 0 Å². The van der Waals surface area contributed by atoms with Gasteiger partial charge in [-0.1, -0.05) is 6.07 Å². The van der Waals surface area contributed by atoms with Crippen LogP contribution < -0.4 is 20.7 Å². The van der Waals surface area contributed by atoms with Gasteiger partial charge in [-0.2, -0.15) is 0 Å². The zero-order valence-electron chi connectivity index (χ0n) is 13.6. The summed E-state index contributed by atoms with van der Waals surface area (Å²) in [5.74, 6) is 0. The molecule has 0 atom stereocenters. The maximum Gasteiger partial charge on any atom is 0.349 e. The summed E-state index contributed by atoms with van der Waals surface area (Å²) in [6.45, 7) is 0. The molecule has 0 saturated heterocycles. The Kier molecular flexibility index (Phi) is 9.82. The number of phosphoric ester groups is 1. The van der Waals surface area contributed by atoms with Gasteiger partial charge in [-0.3, -0.25) is 24.5 Å². The van der Waals surface area contributed by atoms with Crippen LogP contribution in [0.2, 0.25) is 0 Å². The van der Waals surface area contributed by atoms with Gasteiger partial charge in [0.05, 0.1) is 11.1 Å². The van der Waals surface area contributed by atoms with Crippen molar-refractivity contribution in [3.63, 3.8) is 0 Å². The minimum Gasteiger partial charge on any atom is -0.756 e. The van der Waals surface area contributed by atoms with Gasteiger partial charge >= 0.3 is 16.9 Å². The second-order valence-electron chi connectivity index (χ2n) is 4.07. The minimum absolute atomic E-state index is 0.676. The van der Waals surface area contributed by atoms with Crippen molar-refractivity contribution in [3.8, 4) is 0 Å². The van der Waals surface area contributed by atoms with Crippen LogP contribution in [-0.2, 0) is 20.7 Å². The smallest absolute Gasteiger partial charge is 0.349 e. The SMILES string of the molecule is COP(=O)([O-])OC.C[n+]1ccccc1.O=c1[nH]cc([N+](=O)[O-])c(=O)[nH]1. The Labute approximate surface area is 141 Å². The van der Waals surface area contributed by atoms with Crippen LogP contribution in [-0.4, -0.2) is 29.1 Å². The van der Waals surface area contributed by atoms with Crippen molar-refractivity contribution in [3.05, 3.63) is 67.7 Å². The Morgan fingerprint density at radius 2 is 1.68 bits per heavy atom. The molecular formula is C12H17N4O8P. The van der Waals surface area contributed by atoms with Crippen LogP contribution in [0, 0.1) is 10.1 Å². The number of rotatable bonds is 3. The van der Waals surface area contributed by atoms with Crippen molar-refractivity contribution in [2.75, 3.05) is 14.2 Å². The normalized spacial score (nSPS) is 9.92. The Morgan fingerprint density at radius 3 is 1.96 bits per heavy atom. The van der Waals surface area contributed by atoms with Gasteiger partial charge in [0.2, 0.25) is 0 Å². The third kappa shape index (κ3) is 9.94. The first-order chi connectivity index (χ1) is 11.6. The van der Waals surface area contributed by atoms with E-state index in [4.69, 9.17) is 0 Å². The number of hydrogen-bond donors (Lipinski definition) is 2. The standard InChI is InChI=1S/C6H8N.C4H3N3O4.C2H7O4P/c1-7-5-3-2-4-6-7;8-3-2(7(10)11)1-5-4(9)6-3;1-5-7(3,4)6-2/h2-6H,1H3;1H,(H2,5,6,8,9);1-2H3,(H,3,4)/q+1;;/p-1. The highest BCUT2D eigenvalue weighted by Gasteiger charge is 2.10. The summed E-state index contributed by atoms with van der Waals surface area (Å²) >= 11 is 0. The number of phosphoric acid groups is 1. The molecule has 0 fully saturated rings. The van der Waals surface area contributed by atoms with Crippen LogP contribution in [0.15, 0.2) is 46.4 Å². The fourth-order valence-electron chi connectivity index (χ4n) is 1.10. The first-order valence-electron chi connectivity index (χ1n) is 6.42. The molecule has 0 aliphatic heterocycles. The van der Waals surface area contributed by atoms with E-state index in [1.165, 1.54) is 0 Å². The van der Waals surface area contributed by atoms with Crippen molar-refractivity contribution in [1.82, 2.24) is 9.97 Å². The number of aryl methyl sites for hydroxylation is 1. The van der Waals surface area contributed by atoms with E-state index < -0.39 is 29.7 Å².